The summed E-state index contributed by atoms with van der Waals surface area (Å²) in [6.45, 7) is 9.78. The highest BCUT2D eigenvalue weighted by Crippen LogP contribution is 2.42. The van der Waals surface area contributed by atoms with Gasteiger partial charge in [-0.05, 0) is 30.4 Å². The molecular formula is C13H20O4. The predicted octanol–water partition coefficient (Wildman–Crippen LogP) is 3.95. The first-order valence-corrected chi connectivity index (χ1v) is 5.74. The molecule has 0 amide bonds. The van der Waals surface area contributed by atoms with E-state index in [0.29, 0.717) is 17.1 Å². The lowest BCUT2D eigenvalue weighted by atomic mass is 9.91. The Labute approximate surface area is 102 Å². The lowest BCUT2D eigenvalue weighted by Gasteiger charge is -2.20. The second kappa shape index (κ2) is 5.38. The highest BCUT2D eigenvalue weighted by molar-refractivity contribution is 5.56. The van der Waals surface area contributed by atoms with Crippen molar-refractivity contribution in [1.82, 2.24) is 0 Å². The van der Waals surface area contributed by atoms with Gasteiger partial charge in [0.05, 0.1) is 0 Å². The van der Waals surface area contributed by atoms with E-state index in [1.165, 1.54) is 0 Å². The van der Waals surface area contributed by atoms with Crippen LogP contribution in [0.5, 0.6) is 11.5 Å². The predicted molar refractivity (Wildman–Crippen MR) is 65.9 cm³/mol. The summed E-state index contributed by atoms with van der Waals surface area (Å²) in [5, 5.41) is 18.0. The van der Waals surface area contributed by atoms with Crippen LogP contribution in [0.2, 0.25) is 0 Å². The van der Waals surface area contributed by atoms with E-state index in [-0.39, 0.29) is 11.8 Å². The highest BCUT2D eigenvalue weighted by atomic mass is 17.1. The van der Waals surface area contributed by atoms with Gasteiger partial charge in [-0.2, -0.15) is 0 Å². The molecule has 0 fully saturated rings. The van der Waals surface area contributed by atoms with E-state index < -0.39 is 0 Å². The van der Waals surface area contributed by atoms with Crippen molar-refractivity contribution < 1.29 is 20.3 Å². The zero-order chi connectivity index (χ0) is 13.2. The SMILES string of the molecule is Cc1cc(C(C)C)c(OO)c(C(C)C)c1OO. The molecule has 1 aromatic carbocycles. The van der Waals surface area contributed by atoms with Gasteiger partial charge >= 0.3 is 0 Å². The van der Waals surface area contributed by atoms with Crippen LogP contribution in [-0.2, 0) is 0 Å². The molecule has 2 N–H and O–H groups in total. The Morgan fingerprint density at radius 2 is 1.47 bits per heavy atom. The van der Waals surface area contributed by atoms with Crippen molar-refractivity contribution in [3.63, 3.8) is 0 Å². The van der Waals surface area contributed by atoms with Crippen molar-refractivity contribution in [2.75, 3.05) is 0 Å². The molecule has 17 heavy (non-hydrogen) atoms. The molecule has 0 atom stereocenters. The third-order valence-corrected chi connectivity index (χ3v) is 2.86. The molecular weight excluding hydrogens is 220 g/mol. The molecule has 0 aliphatic heterocycles. The number of benzene rings is 1. The summed E-state index contributed by atoms with van der Waals surface area (Å²) in [4.78, 5) is 8.93. The average Bonchev–Trinajstić information content (AvgIpc) is 2.26. The van der Waals surface area contributed by atoms with Crippen molar-refractivity contribution in [1.29, 1.82) is 0 Å². The Balaban J connectivity index is 3.59. The minimum atomic E-state index is 0.0664. The maximum absolute atomic E-state index is 9.07. The normalized spacial score (nSPS) is 11.1. The van der Waals surface area contributed by atoms with Crippen molar-refractivity contribution in [3.05, 3.63) is 22.8 Å². The minimum Gasteiger partial charge on any atom is -0.340 e. The molecule has 4 heteroatoms. The number of hydrogen-bond acceptors (Lipinski definition) is 4. The summed E-state index contributed by atoms with van der Waals surface area (Å²) in [5.41, 5.74) is 2.40. The van der Waals surface area contributed by atoms with Gasteiger partial charge in [-0.25, -0.2) is 10.5 Å². The molecule has 0 saturated carbocycles. The largest absolute Gasteiger partial charge is 0.340 e. The number of hydrogen-bond donors (Lipinski definition) is 2. The van der Waals surface area contributed by atoms with Gasteiger partial charge in [-0.1, -0.05) is 27.7 Å². The van der Waals surface area contributed by atoms with E-state index in [4.69, 9.17) is 10.5 Å². The Morgan fingerprint density at radius 1 is 0.941 bits per heavy atom. The maximum Gasteiger partial charge on any atom is 0.175 e. The van der Waals surface area contributed by atoms with Gasteiger partial charge in [0.2, 0.25) is 0 Å². The highest BCUT2D eigenvalue weighted by Gasteiger charge is 2.23. The first kappa shape index (κ1) is 13.8. The quantitative estimate of drug-likeness (QED) is 0.618. The summed E-state index contributed by atoms with van der Waals surface area (Å²) < 4.78 is 0. The van der Waals surface area contributed by atoms with Gasteiger partial charge in [-0.15, -0.1) is 0 Å². The Kier molecular flexibility index (Phi) is 4.37. The fourth-order valence-electron chi connectivity index (χ4n) is 2.01. The second-order valence-electron chi connectivity index (χ2n) is 4.85. The molecule has 0 aliphatic carbocycles. The summed E-state index contributed by atoms with van der Waals surface area (Å²) >= 11 is 0. The van der Waals surface area contributed by atoms with Gasteiger partial charge in [0.1, 0.15) is 0 Å². The number of rotatable bonds is 4. The van der Waals surface area contributed by atoms with Crippen LogP contribution in [0.3, 0.4) is 0 Å². The van der Waals surface area contributed by atoms with Crippen LogP contribution in [0, 0.1) is 6.92 Å². The van der Waals surface area contributed by atoms with Gasteiger partial charge in [-0.3, -0.25) is 0 Å². The molecule has 1 rings (SSSR count). The molecule has 0 heterocycles. The lowest BCUT2D eigenvalue weighted by molar-refractivity contribution is -0.147. The Morgan fingerprint density at radius 3 is 1.82 bits per heavy atom. The molecule has 0 unspecified atom stereocenters. The zero-order valence-electron chi connectivity index (χ0n) is 10.9. The summed E-state index contributed by atoms with van der Waals surface area (Å²) in [5.74, 6) is 1.01. The van der Waals surface area contributed by atoms with Gasteiger partial charge in [0.15, 0.2) is 11.5 Å². The molecule has 4 nitrogen and oxygen atoms in total. The third kappa shape index (κ3) is 2.53. The average molecular weight is 240 g/mol. The molecule has 0 saturated heterocycles. The van der Waals surface area contributed by atoms with Crippen LogP contribution in [0.4, 0.5) is 0 Å². The van der Waals surface area contributed by atoms with Crippen LogP contribution in [-0.4, -0.2) is 10.5 Å². The standard InChI is InChI=1S/C13H20O4/c1-7(2)10-6-9(5)12(16-14)11(8(3)4)13(10)17-15/h6-8,14-15H,1-5H3. The smallest absolute Gasteiger partial charge is 0.175 e. The van der Waals surface area contributed by atoms with Crippen molar-refractivity contribution in [3.8, 4) is 11.5 Å². The fraction of sp³-hybridized carbons (Fsp3) is 0.538. The molecule has 96 valence electrons. The monoisotopic (exact) mass is 240 g/mol. The van der Waals surface area contributed by atoms with Crippen LogP contribution < -0.4 is 9.78 Å². The van der Waals surface area contributed by atoms with Crippen LogP contribution in [0.25, 0.3) is 0 Å². The second-order valence-corrected chi connectivity index (χ2v) is 4.85. The molecule has 1 aromatic rings. The van der Waals surface area contributed by atoms with Crippen molar-refractivity contribution in [2.45, 2.75) is 46.5 Å². The zero-order valence-corrected chi connectivity index (χ0v) is 10.9. The van der Waals surface area contributed by atoms with E-state index in [1.807, 2.05) is 40.7 Å². The van der Waals surface area contributed by atoms with E-state index in [9.17, 15) is 0 Å². The van der Waals surface area contributed by atoms with E-state index in [2.05, 4.69) is 9.78 Å². The summed E-state index contributed by atoms with van der Waals surface area (Å²) in [7, 11) is 0. The van der Waals surface area contributed by atoms with E-state index >= 15 is 0 Å². The molecule has 0 radical (unpaired) electrons. The molecule has 0 bridgehead atoms. The third-order valence-electron chi connectivity index (χ3n) is 2.86. The molecule has 0 aliphatic rings. The van der Waals surface area contributed by atoms with Crippen molar-refractivity contribution >= 4 is 0 Å². The van der Waals surface area contributed by atoms with E-state index in [1.54, 1.807) is 0 Å². The Hall–Kier alpha value is -1.26. The van der Waals surface area contributed by atoms with Gasteiger partial charge in [0, 0.05) is 11.1 Å². The maximum atomic E-state index is 9.07. The van der Waals surface area contributed by atoms with Gasteiger partial charge < -0.3 is 9.78 Å². The Bertz CT molecular complexity index is 397. The minimum absolute atomic E-state index is 0.0664. The first-order valence-electron chi connectivity index (χ1n) is 5.74. The lowest BCUT2D eigenvalue weighted by Crippen LogP contribution is -2.05. The summed E-state index contributed by atoms with van der Waals surface area (Å²) in [6.07, 6.45) is 0. The van der Waals surface area contributed by atoms with Crippen molar-refractivity contribution in [2.24, 2.45) is 0 Å². The van der Waals surface area contributed by atoms with Gasteiger partial charge in [0.25, 0.3) is 0 Å². The van der Waals surface area contributed by atoms with Crippen LogP contribution in [0.1, 0.15) is 56.2 Å². The number of aryl methyl sites for hydroxylation is 1. The first-order chi connectivity index (χ1) is 7.93. The van der Waals surface area contributed by atoms with Crippen LogP contribution in [0.15, 0.2) is 6.07 Å². The summed E-state index contributed by atoms with van der Waals surface area (Å²) in [6, 6.07) is 1.85. The fourth-order valence-corrected chi connectivity index (χ4v) is 2.01. The topological polar surface area (TPSA) is 58.9 Å². The van der Waals surface area contributed by atoms with Crippen LogP contribution >= 0.6 is 0 Å². The molecule has 0 aromatic heterocycles. The van der Waals surface area contributed by atoms with E-state index in [0.717, 1.165) is 11.1 Å². The molecule has 0 spiro atoms.